The average Bonchev–Trinajstić information content (AvgIpc) is 3.25. The number of hydrogen-bond donors (Lipinski definition) is 1. The summed E-state index contributed by atoms with van der Waals surface area (Å²) in [6, 6.07) is 19.9. The van der Waals surface area contributed by atoms with Gasteiger partial charge in [0.05, 0.1) is 11.7 Å². The minimum absolute atomic E-state index is 0.535. The Kier molecular flexibility index (Phi) is 4.98. The number of nitrogens with one attached hydrogen (secondary N) is 1. The fourth-order valence-electron chi connectivity index (χ4n) is 3.31. The Balaban J connectivity index is 1.36. The van der Waals surface area contributed by atoms with Crippen molar-refractivity contribution in [3.05, 3.63) is 91.1 Å². The summed E-state index contributed by atoms with van der Waals surface area (Å²) in [7, 11) is 1.94. The minimum Gasteiger partial charge on any atom is -0.489 e. The predicted octanol–water partition coefficient (Wildman–Crippen LogP) is 4.75. The summed E-state index contributed by atoms with van der Waals surface area (Å²) in [5.74, 6) is 2.31. The first-order chi connectivity index (χ1) is 15.3. The largest absolute Gasteiger partial charge is 0.489 e. The lowest BCUT2D eigenvalue weighted by atomic mass is 10.2. The maximum absolute atomic E-state index is 5.86. The maximum Gasteiger partial charge on any atom is 0.158 e. The number of fused-ring (bicyclic) bond motifs is 1. The van der Waals surface area contributed by atoms with Gasteiger partial charge < -0.3 is 14.6 Å². The molecule has 0 bridgehead atoms. The molecule has 0 atom stereocenters. The molecule has 0 aliphatic heterocycles. The van der Waals surface area contributed by atoms with Crippen molar-refractivity contribution in [1.82, 2.24) is 24.5 Å². The zero-order valence-electron chi connectivity index (χ0n) is 16.9. The number of rotatable bonds is 6. The molecule has 7 heteroatoms. The second kappa shape index (κ2) is 8.23. The second-order valence-corrected chi connectivity index (χ2v) is 7.09. The third kappa shape index (κ3) is 4.06. The van der Waals surface area contributed by atoms with Gasteiger partial charge in [0.1, 0.15) is 30.2 Å². The number of aromatic nitrogens is 5. The Morgan fingerprint density at radius 1 is 0.935 bits per heavy atom. The normalized spacial score (nSPS) is 10.9. The van der Waals surface area contributed by atoms with Crippen molar-refractivity contribution in [3.8, 4) is 17.3 Å². The van der Waals surface area contributed by atoms with Crippen molar-refractivity contribution >= 4 is 22.4 Å². The second-order valence-electron chi connectivity index (χ2n) is 7.09. The van der Waals surface area contributed by atoms with Crippen LogP contribution in [0.1, 0.15) is 5.56 Å². The molecular formula is C24H20N6O. The first-order valence-electron chi connectivity index (χ1n) is 9.88. The van der Waals surface area contributed by atoms with Crippen LogP contribution < -0.4 is 10.1 Å². The average molecular weight is 408 g/mol. The highest BCUT2D eigenvalue weighted by Gasteiger charge is 2.10. The van der Waals surface area contributed by atoms with Crippen molar-refractivity contribution in [3.63, 3.8) is 0 Å². The van der Waals surface area contributed by atoms with E-state index < -0.39 is 0 Å². The summed E-state index contributed by atoms with van der Waals surface area (Å²) in [6.07, 6.45) is 6.92. The van der Waals surface area contributed by atoms with E-state index in [9.17, 15) is 0 Å². The molecule has 0 unspecified atom stereocenters. The van der Waals surface area contributed by atoms with Crippen LogP contribution in [0.25, 0.3) is 22.4 Å². The van der Waals surface area contributed by atoms with Crippen LogP contribution in [0.15, 0.2) is 85.6 Å². The summed E-state index contributed by atoms with van der Waals surface area (Å²) >= 11 is 0. The van der Waals surface area contributed by atoms with Gasteiger partial charge in [-0.2, -0.15) is 0 Å². The molecule has 0 spiro atoms. The van der Waals surface area contributed by atoms with Crippen LogP contribution in [-0.2, 0) is 13.7 Å². The number of nitrogens with zero attached hydrogens (tertiary/aromatic N) is 5. The molecule has 0 radical (unpaired) electrons. The van der Waals surface area contributed by atoms with E-state index in [4.69, 9.17) is 4.74 Å². The van der Waals surface area contributed by atoms with Crippen LogP contribution in [0.3, 0.4) is 0 Å². The summed E-state index contributed by atoms with van der Waals surface area (Å²) in [6.45, 7) is 0.535. The number of imidazole rings is 1. The van der Waals surface area contributed by atoms with Gasteiger partial charge in [-0.15, -0.1) is 0 Å². The highest BCUT2D eigenvalue weighted by Crippen LogP contribution is 2.27. The van der Waals surface area contributed by atoms with E-state index in [1.54, 1.807) is 12.4 Å². The summed E-state index contributed by atoms with van der Waals surface area (Å²) < 4.78 is 7.79. The van der Waals surface area contributed by atoms with Crippen molar-refractivity contribution in [1.29, 1.82) is 0 Å². The standard InChI is InChI=1S/C24H20N6O/c1-30-12-11-25-24(30)21-13-20-22(14-26-21)27-16-28-23(20)29-18-7-9-19(10-8-18)31-15-17-5-3-2-4-6-17/h2-14,16H,15H2,1H3,(H,27,28,29). The van der Waals surface area contributed by atoms with Crippen molar-refractivity contribution in [2.24, 2.45) is 7.05 Å². The molecule has 5 rings (SSSR count). The van der Waals surface area contributed by atoms with Gasteiger partial charge in [0.15, 0.2) is 5.82 Å². The minimum atomic E-state index is 0.535. The van der Waals surface area contributed by atoms with Gasteiger partial charge in [0, 0.05) is 30.5 Å². The monoisotopic (exact) mass is 408 g/mol. The smallest absolute Gasteiger partial charge is 0.158 e. The van der Waals surface area contributed by atoms with Crippen LogP contribution in [-0.4, -0.2) is 24.5 Å². The van der Waals surface area contributed by atoms with Gasteiger partial charge in [-0.25, -0.2) is 15.0 Å². The lowest BCUT2D eigenvalue weighted by molar-refractivity contribution is 0.306. The zero-order chi connectivity index (χ0) is 21.0. The van der Waals surface area contributed by atoms with E-state index in [1.165, 1.54) is 6.33 Å². The molecule has 0 aliphatic carbocycles. The van der Waals surface area contributed by atoms with E-state index >= 15 is 0 Å². The highest BCUT2D eigenvalue weighted by molar-refractivity contribution is 5.92. The van der Waals surface area contributed by atoms with Crippen molar-refractivity contribution in [2.75, 3.05) is 5.32 Å². The molecule has 3 aromatic heterocycles. The molecule has 31 heavy (non-hydrogen) atoms. The summed E-state index contributed by atoms with van der Waals surface area (Å²) in [5, 5.41) is 4.25. The first-order valence-corrected chi connectivity index (χ1v) is 9.88. The Morgan fingerprint density at radius 3 is 2.55 bits per heavy atom. The summed E-state index contributed by atoms with van der Waals surface area (Å²) in [5.41, 5.74) is 3.57. The molecule has 1 N–H and O–H groups in total. The molecule has 0 aliphatic rings. The molecule has 7 nitrogen and oxygen atoms in total. The topological polar surface area (TPSA) is 77.8 Å². The number of ether oxygens (including phenoxy) is 1. The Bertz CT molecular complexity index is 1320. The Morgan fingerprint density at radius 2 is 1.77 bits per heavy atom. The molecule has 0 fully saturated rings. The molecular weight excluding hydrogens is 388 g/mol. The van der Waals surface area contributed by atoms with Gasteiger partial charge in [-0.3, -0.25) is 4.98 Å². The van der Waals surface area contributed by atoms with Gasteiger partial charge in [0.25, 0.3) is 0 Å². The molecule has 0 saturated carbocycles. The number of aryl methyl sites for hydroxylation is 1. The molecule has 3 heterocycles. The van der Waals surface area contributed by atoms with Gasteiger partial charge in [0.2, 0.25) is 0 Å². The number of hydrogen-bond acceptors (Lipinski definition) is 6. The lowest BCUT2D eigenvalue weighted by Crippen LogP contribution is -1.99. The van der Waals surface area contributed by atoms with Gasteiger partial charge >= 0.3 is 0 Å². The van der Waals surface area contributed by atoms with Crippen molar-refractivity contribution < 1.29 is 4.74 Å². The van der Waals surface area contributed by atoms with Gasteiger partial charge in [-0.05, 0) is 35.9 Å². The fourth-order valence-corrected chi connectivity index (χ4v) is 3.31. The van der Waals surface area contributed by atoms with Crippen LogP contribution in [0.2, 0.25) is 0 Å². The number of anilines is 2. The number of pyridine rings is 1. The third-order valence-corrected chi connectivity index (χ3v) is 4.94. The van der Waals surface area contributed by atoms with Crippen molar-refractivity contribution in [2.45, 2.75) is 6.61 Å². The maximum atomic E-state index is 5.86. The lowest BCUT2D eigenvalue weighted by Gasteiger charge is -2.11. The molecule has 2 aromatic carbocycles. The fraction of sp³-hybridized carbons (Fsp3) is 0.0833. The van der Waals surface area contributed by atoms with E-state index in [2.05, 4.69) is 25.3 Å². The van der Waals surface area contributed by atoms with Gasteiger partial charge in [-0.1, -0.05) is 30.3 Å². The van der Waals surface area contributed by atoms with E-state index in [-0.39, 0.29) is 0 Å². The van der Waals surface area contributed by atoms with E-state index in [0.29, 0.717) is 12.4 Å². The van der Waals surface area contributed by atoms with Crippen LogP contribution in [0.4, 0.5) is 11.5 Å². The quantitative estimate of drug-likeness (QED) is 0.437. The van der Waals surface area contributed by atoms with Crippen LogP contribution in [0.5, 0.6) is 5.75 Å². The molecule has 0 amide bonds. The first kappa shape index (κ1) is 18.7. The van der Waals surface area contributed by atoms with Crippen LogP contribution >= 0.6 is 0 Å². The number of benzene rings is 2. The highest BCUT2D eigenvalue weighted by atomic mass is 16.5. The predicted molar refractivity (Wildman–Crippen MR) is 120 cm³/mol. The van der Waals surface area contributed by atoms with E-state index in [0.717, 1.165) is 39.4 Å². The zero-order valence-corrected chi connectivity index (χ0v) is 16.9. The SMILES string of the molecule is Cn1ccnc1-c1cc2c(Nc3ccc(OCc4ccccc4)cc3)ncnc2cn1. The Labute approximate surface area is 179 Å². The molecule has 0 saturated heterocycles. The van der Waals surface area contributed by atoms with E-state index in [1.807, 2.05) is 78.5 Å². The molecule has 152 valence electrons. The summed E-state index contributed by atoms with van der Waals surface area (Å²) in [4.78, 5) is 17.7. The third-order valence-electron chi connectivity index (χ3n) is 4.94. The van der Waals surface area contributed by atoms with Crippen LogP contribution in [0, 0.1) is 0 Å². The molecule has 5 aromatic rings. The Hall–Kier alpha value is -4.26.